The van der Waals surface area contributed by atoms with E-state index >= 15 is 0 Å². The molecule has 12 heavy (non-hydrogen) atoms. The summed E-state index contributed by atoms with van der Waals surface area (Å²) in [4.78, 5) is 0. The number of nitrogens with two attached hydrogens (primary N) is 1. The monoisotopic (exact) mass is 171 g/mol. The smallest absolute Gasteiger partial charge is 0.157 e. The summed E-state index contributed by atoms with van der Waals surface area (Å²) in [6.45, 7) is -0.135. The molecule has 0 heterocycles. The first-order valence-electron chi connectivity index (χ1n) is 3.51. The zero-order valence-electron chi connectivity index (χ0n) is 6.37. The van der Waals surface area contributed by atoms with Gasteiger partial charge in [0.25, 0.3) is 0 Å². The Morgan fingerprint density at radius 1 is 1.33 bits per heavy atom. The molecule has 3 nitrogen and oxygen atoms in total. The summed E-state index contributed by atoms with van der Waals surface area (Å²) in [5, 5.41) is 17.9. The minimum atomic E-state index is -1.29. The number of alkyl halides is 1. The van der Waals surface area contributed by atoms with Crippen molar-refractivity contribution in [3.63, 3.8) is 0 Å². The fourth-order valence-corrected chi connectivity index (χ4v) is 0.871. The van der Waals surface area contributed by atoms with Crippen molar-refractivity contribution < 1.29 is 14.6 Å². The minimum absolute atomic E-state index is 0.135. The van der Waals surface area contributed by atoms with Crippen LogP contribution in [0.25, 0.3) is 0 Å². The molecule has 1 unspecified atom stereocenters. The van der Waals surface area contributed by atoms with E-state index < -0.39 is 6.17 Å². The molecular weight excluding hydrogens is 161 g/mol. The third-order valence-electron chi connectivity index (χ3n) is 1.57. The van der Waals surface area contributed by atoms with Crippen molar-refractivity contribution in [2.24, 2.45) is 5.73 Å². The van der Waals surface area contributed by atoms with Crippen molar-refractivity contribution in [1.29, 1.82) is 0 Å². The Labute approximate surface area is 69.3 Å². The van der Waals surface area contributed by atoms with Gasteiger partial charge in [0, 0.05) is 6.54 Å². The molecule has 0 saturated carbocycles. The van der Waals surface area contributed by atoms with Gasteiger partial charge in [0.15, 0.2) is 11.5 Å². The third kappa shape index (κ3) is 1.65. The Morgan fingerprint density at radius 3 is 2.50 bits per heavy atom. The van der Waals surface area contributed by atoms with Gasteiger partial charge < -0.3 is 15.9 Å². The van der Waals surface area contributed by atoms with Crippen LogP contribution in [0.3, 0.4) is 0 Å². The van der Waals surface area contributed by atoms with Gasteiger partial charge in [0.1, 0.15) is 6.17 Å². The maximum atomic E-state index is 12.9. The Kier molecular flexibility index (Phi) is 2.50. The first-order chi connectivity index (χ1) is 5.65. The summed E-state index contributed by atoms with van der Waals surface area (Å²) < 4.78 is 12.9. The van der Waals surface area contributed by atoms with E-state index in [1.54, 1.807) is 0 Å². The topological polar surface area (TPSA) is 66.5 Å². The average molecular weight is 171 g/mol. The first kappa shape index (κ1) is 8.80. The van der Waals surface area contributed by atoms with Crippen molar-refractivity contribution >= 4 is 0 Å². The molecule has 1 aromatic carbocycles. The van der Waals surface area contributed by atoms with E-state index in [9.17, 15) is 4.39 Å². The average Bonchev–Trinajstić information content (AvgIpc) is 2.08. The highest BCUT2D eigenvalue weighted by Crippen LogP contribution is 2.28. The lowest BCUT2D eigenvalue weighted by Crippen LogP contribution is -2.07. The highest BCUT2D eigenvalue weighted by Gasteiger charge is 2.09. The predicted octanol–water partition coefficient (Wildman–Crippen LogP) is 1.07. The van der Waals surface area contributed by atoms with Gasteiger partial charge in [-0.15, -0.1) is 0 Å². The van der Waals surface area contributed by atoms with Crippen LogP contribution < -0.4 is 5.73 Å². The molecule has 4 N–H and O–H groups in total. The van der Waals surface area contributed by atoms with Crippen LogP contribution in [0, 0.1) is 0 Å². The Hall–Kier alpha value is -1.29. The van der Waals surface area contributed by atoms with Crippen molar-refractivity contribution in [3.8, 4) is 11.5 Å². The molecule has 0 fully saturated rings. The zero-order chi connectivity index (χ0) is 9.14. The van der Waals surface area contributed by atoms with Gasteiger partial charge in [0.05, 0.1) is 0 Å². The van der Waals surface area contributed by atoms with E-state index in [2.05, 4.69) is 0 Å². The number of hydrogen-bond donors (Lipinski definition) is 3. The lowest BCUT2D eigenvalue weighted by molar-refractivity contribution is 0.348. The molecule has 1 atom stereocenters. The van der Waals surface area contributed by atoms with Crippen LogP contribution in [-0.2, 0) is 0 Å². The molecule has 0 radical (unpaired) electrons. The molecule has 0 saturated heterocycles. The summed E-state index contributed by atoms with van der Waals surface area (Å²) in [5.74, 6) is -0.591. The third-order valence-corrected chi connectivity index (χ3v) is 1.57. The second-order valence-corrected chi connectivity index (χ2v) is 2.45. The van der Waals surface area contributed by atoms with Gasteiger partial charge in [-0.25, -0.2) is 4.39 Å². The maximum Gasteiger partial charge on any atom is 0.157 e. The van der Waals surface area contributed by atoms with Gasteiger partial charge in [-0.3, -0.25) is 0 Å². The number of phenolic OH excluding ortho intramolecular Hbond substituents is 2. The lowest BCUT2D eigenvalue weighted by atomic mass is 10.1. The van der Waals surface area contributed by atoms with Gasteiger partial charge in [-0.2, -0.15) is 0 Å². The van der Waals surface area contributed by atoms with Crippen molar-refractivity contribution in [1.82, 2.24) is 0 Å². The van der Waals surface area contributed by atoms with Gasteiger partial charge >= 0.3 is 0 Å². The Morgan fingerprint density at radius 2 is 2.00 bits per heavy atom. The van der Waals surface area contributed by atoms with E-state index in [4.69, 9.17) is 15.9 Å². The van der Waals surface area contributed by atoms with Crippen LogP contribution in [-0.4, -0.2) is 16.8 Å². The van der Waals surface area contributed by atoms with Crippen LogP contribution in [0.2, 0.25) is 0 Å². The summed E-state index contributed by atoms with van der Waals surface area (Å²) in [6.07, 6.45) is -1.29. The molecule has 0 aliphatic carbocycles. The van der Waals surface area contributed by atoms with Crippen LogP contribution in [0.1, 0.15) is 11.7 Å². The lowest BCUT2D eigenvalue weighted by Gasteiger charge is -2.05. The van der Waals surface area contributed by atoms with Crippen LogP contribution in [0.15, 0.2) is 18.2 Å². The molecule has 1 aromatic rings. The van der Waals surface area contributed by atoms with Crippen LogP contribution in [0.4, 0.5) is 4.39 Å². The second-order valence-electron chi connectivity index (χ2n) is 2.45. The van der Waals surface area contributed by atoms with Gasteiger partial charge in [0.2, 0.25) is 0 Å². The Bertz CT molecular complexity index is 278. The van der Waals surface area contributed by atoms with Crippen molar-refractivity contribution in [2.75, 3.05) is 6.54 Å². The van der Waals surface area contributed by atoms with Crippen molar-refractivity contribution in [2.45, 2.75) is 6.17 Å². The van der Waals surface area contributed by atoms with E-state index in [0.29, 0.717) is 0 Å². The highest BCUT2D eigenvalue weighted by atomic mass is 19.1. The van der Waals surface area contributed by atoms with E-state index in [-0.39, 0.29) is 23.6 Å². The van der Waals surface area contributed by atoms with E-state index in [1.807, 2.05) is 0 Å². The van der Waals surface area contributed by atoms with E-state index in [0.717, 1.165) is 6.07 Å². The summed E-state index contributed by atoms with van der Waals surface area (Å²) in [7, 11) is 0. The summed E-state index contributed by atoms with van der Waals surface area (Å²) in [5.41, 5.74) is 5.34. The number of phenols is 2. The fourth-order valence-electron chi connectivity index (χ4n) is 0.871. The summed E-state index contributed by atoms with van der Waals surface area (Å²) >= 11 is 0. The standard InChI is InChI=1S/C8H10FNO2/c9-6(4-10)5-1-2-7(11)8(12)3-5/h1-3,6,11-12H,4,10H2. The number of rotatable bonds is 2. The Balaban J connectivity index is 2.96. The number of benzene rings is 1. The molecule has 0 amide bonds. The molecule has 0 spiro atoms. The quantitative estimate of drug-likeness (QED) is 0.583. The largest absolute Gasteiger partial charge is 0.504 e. The molecule has 1 rings (SSSR count). The fraction of sp³-hybridized carbons (Fsp3) is 0.250. The van der Waals surface area contributed by atoms with Crippen LogP contribution >= 0.6 is 0 Å². The SMILES string of the molecule is NCC(F)c1ccc(O)c(O)c1. The first-order valence-corrected chi connectivity index (χ1v) is 3.51. The number of hydrogen-bond acceptors (Lipinski definition) is 3. The molecule has 4 heteroatoms. The molecule has 66 valence electrons. The predicted molar refractivity (Wildman–Crippen MR) is 42.7 cm³/mol. The normalized spacial score (nSPS) is 12.8. The number of halogens is 1. The summed E-state index contributed by atoms with van der Waals surface area (Å²) in [6, 6.07) is 3.77. The van der Waals surface area contributed by atoms with Gasteiger partial charge in [-0.1, -0.05) is 6.07 Å². The molecule has 0 aliphatic heterocycles. The van der Waals surface area contributed by atoms with Gasteiger partial charge in [-0.05, 0) is 17.7 Å². The zero-order valence-corrected chi connectivity index (χ0v) is 6.37. The molecule has 0 bridgehead atoms. The highest BCUT2D eigenvalue weighted by molar-refractivity contribution is 5.41. The molecule has 0 aliphatic rings. The molecule has 0 aromatic heterocycles. The van der Waals surface area contributed by atoms with E-state index in [1.165, 1.54) is 12.1 Å². The van der Waals surface area contributed by atoms with Crippen LogP contribution in [0.5, 0.6) is 11.5 Å². The maximum absolute atomic E-state index is 12.9. The molecular formula is C8H10FNO2. The second kappa shape index (κ2) is 3.40. The number of aromatic hydroxyl groups is 2. The van der Waals surface area contributed by atoms with Crippen molar-refractivity contribution in [3.05, 3.63) is 23.8 Å². The minimum Gasteiger partial charge on any atom is -0.504 e.